The average molecular weight is 208 g/mol. The molecule has 0 unspecified atom stereocenters. The second-order valence-corrected chi connectivity index (χ2v) is 3.13. The van der Waals surface area contributed by atoms with E-state index in [0.717, 1.165) is 4.90 Å². The van der Waals surface area contributed by atoms with Gasteiger partial charge < -0.3 is 0 Å². The summed E-state index contributed by atoms with van der Waals surface area (Å²) in [5, 5.41) is 5.90. The minimum absolute atomic E-state index is 0.319. The van der Waals surface area contributed by atoms with Crippen molar-refractivity contribution in [2.75, 3.05) is 4.90 Å². The van der Waals surface area contributed by atoms with Crippen molar-refractivity contribution in [1.29, 1.82) is 0 Å². The molecule has 7 heteroatoms. The van der Waals surface area contributed by atoms with Crippen LogP contribution in [0, 0.1) is 0 Å². The number of amides is 4. The van der Waals surface area contributed by atoms with Gasteiger partial charge in [-0.3, -0.25) is 19.6 Å². The van der Waals surface area contributed by atoms with Gasteiger partial charge in [0, 0.05) is 13.2 Å². The zero-order chi connectivity index (χ0) is 11.0. The van der Waals surface area contributed by atoms with Crippen LogP contribution in [0.5, 0.6) is 0 Å². The van der Waals surface area contributed by atoms with Gasteiger partial charge in [0.2, 0.25) is 11.8 Å². The molecule has 0 bridgehead atoms. The van der Waals surface area contributed by atoms with E-state index in [-0.39, 0.29) is 6.42 Å². The molecular weight excluding hydrogens is 200 g/mol. The van der Waals surface area contributed by atoms with Crippen LogP contribution in [0.1, 0.15) is 6.42 Å². The Bertz CT molecular complexity index is 430. The first-order chi connectivity index (χ1) is 7.08. The van der Waals surface area contributed by atoms with Gasteiger partial charge in [-0.15, -0.1) is 0 Å². The average Bonchev–Trinajstić information content (AvgIpc) is 2.49. The number of rotatable bonds is 1. The molecule has 0 spiro atoms. The molecule has 1 N–H and O–H groups in total. The van der Waals surface area contributed by atoms with Crippen LogP contribution in [0.4, 0.5) is 10.5 Å². The fourth-order valence-corrected chi connectivity index (χ4v) is 1.33. The number of hydrogen-bond donors (Lipinski definition) is 1. The lowest BCUT2D eigenvalue weighted by atomic mass is 10.3. The van der Waals surface area contributed by atoms with E-state index >= 15 is 0 Å². The molecule has 0 radical (unpaired) electrons. The first-order valence-electron chi connectivity index (χ1n) is 4.23. The maximum absolute atomic E-state index is 11.4. The number of urea groups is 1. The van der Waals surface area contributed by atoms with Gasteiger partial charge in [-0.25, -0.2) is 9.69 Å². The molecule has 4 amide bonds. The van der Waals surface area contributed by atoms with Crippen LogP contribution in [-0.2, 0) is 16.6 Å². The van der Waals surface area contributed by atoms with E-state index in [1.54, 1.807) is 7.05 Å². The van der Waals surface area contributed by atoms with Crippen molar-refractivity contribution in [2.24, 2.45) is 7.05 Å². The first kappa shape index (κ1) is 9.38. The summed E-state index contributed by atoms with van der Waals surface area (Å²) in [6.45, 7) is 0. The number of aromatic nitrogens is 2. The molecule has 1 aromatic heterocycles. The van der Waals surface area contributed by atoms with E-state index in [0.29, 0.717) is 5.69 Å². The highest BCUT2D eigenvalue weighted by Gasteiger charge is 2.32. The van der Waals surface area contributed by atoms with Crippen LogP contribution >= 0.6 is 0 Å². The Kier molecular flexibility index (Phi) is 2.00. The van der Waals surface area contributed by atoms with Crippen LogP contribution in [-0.4, -0.2) is 27.6 Å². The largest absolute Gasteiger partial charge is 0.335 e. The second-order valence-electron chi connectivity index (χ2n) is 3.13. The third kappa shape index (κ3) is 1.58. The molecule has 15 heavy (non-hydrogen) atoms. The summed E-state index contributed by atoms with van der Waals surface area (Å²) in [4.78, 5) is 34.6. The Labute approximate surface area is 84.7 Å². The van der Waals surface area contributed by atoms with Gasteiger partial charge in [0.05, 0.1) is 11.9 Å². The Morgan fingerprint density at radius 2 is 2.13 bits per heavy atom. The van der Waals surface area contributed by atoms with E-state index in [1.165, 1.54) is 17.1 Å². The second kappa shape index (κ2) is 3.19. The molecule has 0 saturated carbocycles. The van der Waals surface area contributed by atoms with Crippen molar-refractivity contribution in [3.63, 3.8) is 0 Å². The zero-order valence-electron chi connectivity index (χ0n) is 7.93. The van der Waals surface area contributed by atoms with Crippen molar-refractivity contribution < 1.29 is 14.4 Å². The third-order valence-electron chi connectivity index (χ3n) is 1.96. The highest BCUT2D eigenvalue weighted by molar-refractivity contribution is 6.26. The third-order valence-corrected chi connectivity index (χ3v) is 1.96. The van der Waals surface area contributed by atoms with E-state index in [9.17, 15) is 14.4 Å². The maximum Gasteiger partial charge on any atom is 0.335 e. The Morgan fingerprint density at radius 3 is 2.67 bits per heavy atom. The molecule has 0 atom stereocenters. The van der Waals surface area contributed by atoms with Gasteiger partial charge in [-0.2, -0.15) is 5.10 Å². The fourth-order valence-electron chi connectivity index (χ4n) is 1.33. The molecule has 0 aliphatic carbocycles. The lowest BCUT2D eigenvalue weighted by molar-refractivity contribution is -0.128. The lowest BCUT2D eigenvalue weighted by Crippen LogP contribution is -2.52. The number of imide groups is 2. The molecule has 1 saturated heterocycles. The van der Waals surface area contributed by atoms with Gasteiger partial charge in [0.15, 0.2) is 0 Å². The van der Waals surface area contributed by atoms with Gasteiger partial charge in [-0.1, -0.05) is 0 Å². The molecule has 78 valence electrons. The summed E-state index contributed by atoms with van der Waals surface area (Å²) in [6.07, 6.45) is 2.58. The minimum Gasteiger partial charge on any atom is -0.277 e. The molecule has 2 heterocycles. The van der Waals surface area contributed by atoms with Crippen molar-refractivity contribution in [2.45, 2.75) is 6.42 Å². The van der Waals surface area contributed by atoms with E-state index < -0.39 is 17.8 Å². The van der Waals surface area contributed by atoms with Gasteiger partial charge >= 0.3 is 6.03 Å². The van der Waals surface area contributed by atoms with Gasteiger partial charge in [-0.05, 0) is 0 Å². The normalized spacial score (nSPS) is 16.9. The predicted molar refractivity (Wildman–Crippen MR) is 48.8 cm³/mol. The molecule has 1 fully saturated rings. The number of carbonyl (C=O) groups excluding carboxylic acids is 3. The monoisotopic (exact) mass is 208 g/mol. The van der Waals surface area contributed by atoms with E-state index in [2.05, 4.69) is 10.4 Å². The van der Waals surface area contributed by atoms with Crippen molar-refractivity contribution in [3.05, 3.63) is 12.4 Å². The summed E-state index contributed by atoms with van der Waals surface area (Å²) in [5.41, 5.74) is 0.354. The van der Waals surface area contributed by atoms with Crippen LogP contribution in [0.15, 0.2) is 12.4 Å². The fraction of sp³-hybridized carbons (Fsp3) is 0.250. The summed E-state index contributed by atoms with van der Waals surface area (Å²) in [7, 11) is 1.67. The summed E-state index contributed by atoms with van der Waals surface area (Å²) < 4.78 is 1.46. The topological polar surface area (TPSA) is 84.3 Å². The summed E-state index contributed by atoms with van der Waals surface area (Å²) in [6, 6.07) is -0.732. The Hall–Kier alpha value is -2.18. The number of hydrogen-bond acceptors (Lipinski definition) is 4. The van der Waals surface area contributed by atoms with Crippen molar-refractivity contribution in [3.8, 4) is 0 Å². The maximum atomic E-state index is 11.4. The number of nitrogens with one attached hydrogen (secondary N) is 1. The van der Waals surface area contributed by atoms with Crippen molar-refractivity contribution >= 4 is 23.5 Å². The van der Waals surface area contributed by atoms with E-state index in [4.69, 9.17) is 0 Å². The minimum atomic E-state index is -0.732. The molecule has 0 aromatic carbocycles. The van der Waals surface area contributed by atoms with E-state index in [1.807, 2.05) is 0 Å². The smallest absolute Gasteiger partial charge is 0.277 e. The van der Waals surface area contributed by atoms with Crippen LogP contribution in [0.25, 0.3) is 0 Å². The van der Waals surface area contributed by atoms with Crippen molar-refractivity contribution in [1.82, 2.24) is 15.1 Å². The summed E-state index contributed by atoms with van der Waals surface area (Å²) >= 11 is 0. The summed E-state index contributed by atoms with van der Waals surface area (Å²) in [5.74, 6) is -1.12. The van der Waals surface area contributed by atoms with Gasteiger partial charge in [0.1, 0.15) is 6.42 Å². The van der Waals surface area contributed by atoms with Crippen LogP contribution < -0.4 is 10.2 Å². The molecule has 1 aliphatic heterocycles. The number of nitrogens with zero attached hydrogens (tertiary/aromatic N) is 3. The Balaban J connectivity index is 2.32. The quantitative estimate of drug-likeness (QED) is 0.624. The van der Waals surface area contributed by atoms with Crippen LogP contribution in [0.2, 0.25) is 0 Å². The molecular formula is C8H8N4O3. The molecule has 1 aromatic rings. The SMILES string of the molecule is Cn1cc(N2C(=O)CC(=O)NC2=O)cn1. The Morgan fingerprint density at radius 1 is 1.40 bits per heavy atom. The number of barbiturate groups is 1. The van der Waals surface area contributed by atoms with Gasteiger partial charge in [0.25, 0.3) is 0 Å². The predicted octanol–water partition coefficient (Wildman–Crippen LogP) is -0.607. The number of aryl methyl sites for hydroxylation is 1. The standard InChI is InChI=1S/C8H8N4O3/c1-11-4-5(3-9-11)12-7(14)2-6(13)10-8(12)15/h3-4H,2H2,1H3,(H,10,13,15). The molecule has 7 nitrogen and oxygen atoms in total. The lowest BCUT2D eigenvalue weighted by Gasteiger charge is -2.22. The molecule has 1 aliphatic rings. The number of anilines is 1. The first-order valence-corrected chi connectivity index (χ1v) is 4.23. The number of carbonyl (C=O) groups is 3. The van der Waals surface area contributed by atoms with Crippen LogP contribution in [0.3, 0.4) is 0 Å². The zero-order valence-corrected chi connectivity index (χ0v) is 7.93. The molecule has 2 rings (SSSR count). The highest BCUT2D eigenvalue weighted by Crippen LogP contribution is 2.16. The highest BCUT2D eigenvalue weighted by atomic mass is 16.2.